The second-order valence-electron chi connectivity index (χ2n) is 5.57. The Kier molecular flexibility index (Phi) is 4.59. The summed E-state index contributed by atoms with van der Waals surface area (Å²) in [5.41, 5.74) is 0.637. The van der Waals surface area contributed by atoms with Crippen molar-refractivity contribution in [2.24, 2.45) is 11.8 Å². The van der Waals surface area contributed by atoms with Crippen molar-refractivity contribution in [3.63, 3.8) is 0 Å². The standard InChI is InChI=1S/C16H19FN2O2/c1-9-10(2)21-11(3)15(9)16(20)19-8-13-5-4-12(7-18)6-14(13)17/h4-6,9-11,15H,8H2,1-3H3,(H,19,20). The molecule has 0 saturated carbocycles. The van der Waals surface area contributed by atoms with E-state index in [9.17, 15) is 9.18 Å². The molecule has 0 radical (unpaired) electrons. The Bertz CT molecular complexity index is 582. The van der Waals surface area contributed by atoms with E-state index in [1.807, 2.05) is 26.8 Å². The Balaban J connectivity index is 2.00. The average Bonchev–Trinajstić information content (AvgIpc) is 2.70. The fourth-order valence-corrected chi connectivity index (χ4v) is 2.78. The predicted octanol–water partition coefficient (Wildman–Crippen LogP) is 2.37. The highest BCUT2D eigenvalue weighted by Gasteiger charge is 2.41. The van der Waals surface area contributed by atoms with Crippen molar-refractivity contribution in [3.8, 4) is 6.07 Å². The van der Waals surface area contributed by atoms with Crippen LogP contribution in [0.4, 0.5) is 4.39 Å². The number of carbonyl (C=O) groups excluding carboxylic acids is 1. The maximum absolute atomic E-state index is 13.8. The number of ether oxygens (including phenoxy) is 1. The zero-order chi connectivity index (χ0) is 15.6. The van der Waals surface area contributed by atoms with Gasteiger partial charge in [-0.25, -0.2) is 4.39 Å². The Hall–Kier alpha value is -1.93. The quantitative estimate of drug-likeness (QED) is 0.929. The van der Waals surface area contributed by atoms with E-state index in [-0.39, 0.29) is 42.1 Å². The van der Waals surface area contributed by atoms with Crippen LogP contribution in [0.25, 0.3) is 0 Å². The number of nitrogens with zero attached hydrogens (tertiary/aromatic N) is 1. The zero-order valence-corrected chi connectivity index (χ0v) is 12.4. The topological polar surface area (TPSA) is 62.1 Å². The van der Waals surface area contributed by atoms with E-state index in [4.69, 9.17) is 10.00 Å². The van der Waals surface area contributed by atoms with E-state index in [1.54, 1.807) is 0 Å². The second-order valence-corrected chi connectivity index (χ2v) is 5.57. The summed E-state index contributed by atoms with van der Waals surface area (Å²) >= 11 is 0. The predicted molar refractivity (Wildman–Crippen MR) is 75.6 cm³/mol. The van der Waals surface area contributed by atoms with Gasteiger partial charge in [-0.05, 0) is 31.9 Å². The largest absolute Gasteiger partial charge is 0.374 e. The number of benzene rings is 1. The summed E-state index contributed by atoms with van der Waals surface area (Å²) in [6, 6.07) is 6.11. The molecule has 1 aromatic rings. The van der Waals surface area contributed by atoms with Crippen molar-refractivity contribution in [1.29, 1.82) is 5.26 Å². The van der Waals surface area contributed by atoms with Crippen molar-refractivity contribution in [2.75, 3.05) is 0 Å². The summed E-state index contributed by atoms with van der Waals surface area (Å²) in [6.45, 7) is 5.93. The molecule has 4 nitrogen and oxygen atoms in total. The average molecular weight is 290 g/mol. The van der Waals surface area contributed by atoms with Gasteiger partial charge >= 0.3 is 0 Å². The molecule has 1 aliphatic rings. The molecular weight excluding hydrogens is 271 g/mol. The molecule has 1 saturated heterocycles. The highest BCUT2D eigenvalue weighted by molar-refractivity contribution is 5.79. The van der Waals surface area contributed by atoms with Crippen molar-refractivity contribution in [2.45, 2.75) is 39.5 Å². The van der Waals surface area contributed by atoms with Gasteiger partial charge < -0.3 is 10.1 Å². The lowest BCUT2D eigenvalue weighted by molar-refractivity contribution is -0.127. The van der Waals surface area contributed by atoms with Crippen LogP contribution in [0, 0.1) is 29.0 Å². The molecule has 1 N–H and O–H groups in total. The number of rotatable bonds is 3. The normalized spacial score (nSPS) is 28.1. The molecule has 1 aromatic carbocycles. The number of nitriles is 1. The molecule has 4 unspecified atom stereocenters. The molecular formula is C16H19FN2O2. The van der Waals surface area contributed by atoms with E-state index in [1.165, 1.54) is 18.2 Å². The van der Waals surface area contributed by atoms with E-state index < -0.39 is 5.82 Å². The number of carbonyl (C=O) groups is 1. The highest BCUT2D eigenvalue weighted by atomic mass is 19.1. The molecule has 112 valence electrons. The maximum Gasteiger partial charge on any atom is 0.226 e. The van der Waals surface area contributed by atoms with E-state index >= 15 is 0 Å². The van der Waals surface area contributed by atoms with Crippen LogP contribution in [0.15, 0.2) is 18.2 Å². The molecule has 1 aliphatic heterocycles. The van der Waals surface area contributed by atoms with Crippen LogP contribution in [0.2, 0.25) is 0 Å². The molecule has 1 heterocycles. The van der Waals surface area contributed by atoms with Crippen molar-refractivity contribution >= 4 is 5.91 Å². The number of hydrogen-bond acceptors (Lipinski definition) is 3. The van der Waals surface area contributed by atoms with E-state index in [0.29, 0.717) is 5.56 Å². The SMILES string of the molecule is CC1OC(C)C(C(=O)NCc2ccc(C#N)cc2F)C1C. The highest BCUT2D eigenvalue weighted by Crippen LogP contribution is 2.32. The molecule has 4 atom stereocenters. The fraction of sp³-hybridized carbons (Fsp3) is 0.500. The summed E-state index contributed by atoms with van der Waals surface area (Å²) in [6.07, 6.45) is -0.0942. The van der Waals surface area contributed by atoms with Crippen molar-refractivity contribution in [3.05, 3.63) is 35.1 Å². The van der Waals surface area contributed by atoms with Crippen molar-refractivity contribution in [1.82, 2.24) is 5.32 Å². The lowest BCUT2D eigenvalue weighted by Crippen LogP contribution is -2.37. The molecule has 2 rings (SSSR count). The molecule has 21 heavy (non-hydrogen) atoms. The van der Waals surface area contributed by atoms with Gasteiger partial charge in [-0.15, -0.1) is 0 Å². The lowest BCUT2D eigenvalue weighted by Gasteiger charge is -2.18. The van der Waals surface area contributed by atoms with E-state index in [2.05, 4.69) is 5.32 Å². The summed E-state index contributed by atoms with van der Waals surface area (Å²) in [7, 11) is 0. The van der Waals surface area contributed by atoms with Crippen LogP contribution in [0.3, 0.4) is 0 Å². The molecule has 1 amide bonds. The monoisotopic (exact) mass is 290 g/mol. The molecule has 0 bridgehead atoms. The second kappa shape index (κ2) is 6.23. The number of amides is 1. The maximum atomic E-state index is 13.8. The minimum atomic E-state index is -0.480. The first kappa shape index (κ1) is 15.5. The minimum Gasteiger partial charge on any atom is -0.374 e. The van der Waals surface area contributed by atoms with Gasteiger partial charge in [0.25, 0.3) is 0 Å². The Morgan fingerprint density at radius 2 is 2.10 bits per heavy atom. The van der Waals surface area contributed by atoms with Gasteiger partial charge in [-0.1, -0.05) is 13.0 Å². The van der Waals surface area contributed by atoms with Crippen LogP contribution >= 0.6 is 0 Å². The number of halogens is 1. The lowest BCUT2D eigenvalue weighted by atomic mass is 9.89. The first-order valence-corrected chi connectivity index (χ1v) is 7.05. The first-order chi connectivity index (χ1) is 9.93. The zero-order valence-electron chi connectivity index (χ0n) is 12.4. The minimum absolute atomic E-state index is 0.0439. The van der Waals surface area contributed by atoms with E-state index in [0.717, 1.165) is 0 Å². The van der Waals surface area contributed by atoms with Crippen LogP contribution in [0.1, 0.15) is 31.9 Å². The first-order valence-electron chi connectivity index (χ1n) is 7.05. The van der Waals surface area contributed by atoms with Gasteiger partial charge in [0.05, 0.1) is 29.8 Å². The van der Waals surface area contributed by atoms with Gasteiger partial charge in [0.1, 0.15) is 5.82 Å². The summed E-state index contributed by atoms with van der Waals surface area (Å²) in [5.74, 6) is -0.693. The van der Waals surface area contributed by atoms with Crippen molar-refractivity contribution < 1.29 is 13.9 Å². The van der Waals surface area contributed by atoms with Gasteiger partial charge in [0.15, 0.2) is 0 Å². The molecule has 0 aromatic heterocycles. The molecule has 0 aliphatic carbocycles. The Morgan fingerprint density at radius 1 is 1.38 bits per heavy atom. The summed E-state index contributed by atoms with van der Waals surface area (Å²) in [5, 5.41) is 11.5. The van der Waals surface area contributed by atoms with Gasteiger partial charge in [0, 0.05) is 12.1 Å². The van der Waals surface area contributed by atoms with Gasteiger partial charge in [0.2, 0.25) is 5.91 Å². The van der Waals surface area contributed by atoms with Crippen LogP contribution in [-0.4, -0.2) is 18.1 Å². The molecule has 1 fully saturated rings. The third-order valence-corrected chi connectivity index (χ3v) is 4.18. The Morgan fingerprint density at radius 3 is 2.62 bits per heavy atom. The van der Waals surface area contributed by atoms with Crippen LogP contribution < -0.4 is 5.32 Å². The fourth-order valence-electron chi connectivity index (χ4n) is 2.78. The van der Waals surface area contributed by atoms with Crippen LogP contribution in [-0.2, 0) is 16.1 Å². The number of hydrogen-bond donors (Lipinski definition) is 1. The Labute approximate surface area is 123 Å². The van der Waals surface area contributed by atoms with Gasteiger partial charge in [-0.2, -0.15) is 5.26 Å². The molecule has 5 heteroatoms. The smallest absolute Gasteiger partial charge is 0.226 e. The third-order valence-electron chi connectivity index (χ3n) is 4.18. The molecule has 0 spiro atoms. The van der Waals surface area contributed by atoms with Gasteiger partial charge in [-0.3, -0.25) is 4.79 Å². The van der Waals surface area contributed by atoms with Crippen LogP contribution in [0.5, 0.6) is 0 Å². The third kappa shape index (κ3) is 3.22. The summed E-state index contributed by atoms with van der Waals surface area (Å²) < 4.78 is 19.4. The summed E-state index contributed by atoms with van der Waals surface area (Å²) in [4.78, 5) is 12.3. The number of nitrogens with one attached hydrogen (secondary N) is 1.